The van der Waals surface area contributed by atoms with Crippen LogP contribution in [0.25, 0.3) is 6.08 Å². The van der Waals surface area contributed by atoms with Gasteiger partial charge in [-0.1, -0.05) is 12.1 Å². The maximum atomic E-state index is 12.3. The second kappa shape index (κ2) is 9.59. The average molecular weight is 401 g/mol. The summed E-state index contributed by atoms with van der Waals surface area (Å²) >= 11 is 0. The smallest absolute Gasteiger partial charge is 0.351 e. The number of likely N-dealkylation sites (N-methyl/N-ethyl adjacent to an activating group) is 1. The van der Waals surface area contributed by atoms with Crippen LogP contribution in [0.4, 0.5) is 0 Å². The lowest BCUT2D eigenvalue weighted by Gasteiger charge is -2.14. The molecule has 0 fully saturated rings. The lowest BCUT2D eigenvalue weighted by atomic mass is 10.1. The van der Waals surface area contributed by atoms with E-state index in [1.54, 1.807) is 39.2 Å². The fourth-order valence-corrected chi connectivity index (χ4v) is 2.36. The molecule has 154 valence electrons. The first-order chi connectivity index (χ1) is 13.7. The number of carbonyl (C=O) groups excluding carboxylic acids is 2. The summed E-state index contributed by atoms with van der Waals surface area (Å²) in [6.45, 7) is 3.54. The molecule has 1 amide bonds. The Labute approximate surface area is 168 Å². The second-order valence-corrected chi connectivity index (χ2v) is 6.32. The molecule has 0 unspecified atom stereocenters. The average Bonchev–Trinajstić information content (AvgIpc) is 2.64. The van der Waals surface area contributed by atoms with Gasteiger partial charge in [0, 0.05) is 20.2 Å². The van der Waals surface area contributed by atoms with Crippen LogP contribution in [-0.2, 0) is 4.79 Å². The topological polar surface area (TPSA) is 106 Å². The summed E-state index contributed by atoms with van der Waals surface area (Å²) in [5.74, 6) is -0.311. The lowest BCUT2D eigenvalue weighted by Crippen LogP contribution is -2.27. The largest absolute Gasteiger partial charge is 0.507 e. The van der Waals surface area contributed by atoms with Crippen molar-refractivity contribution in [1.82, 2.24) is 4.90 Å². The summed E-state index contributed by atoms with van der Waals surface area (Å²) < 4.78 is 15.9. The third kappa shape index (κ3) is 5.71. The Balaban J connectivity index is 2.22. The summed E-state index contributed by atoms with van der Waals surface area (Å²) in [6.07, 6.45) is 2.63. The Hall–Kier alpha value is -3.55. The van der Waals surface area contributed by atoms with Crippen LogP contribution >= 0.6 is 0 Å². The van der Waals surface area contributed by atoms with Gasteiger partial charge in [0.15, 0.2) is 23.9 Å². The molecular weight excluding hydrogens is 378 g/mol. The minimum absolute atomic E-state index is 0.136. The molecule has 0 aliphatic heterocycles. The van der Waals surface area contributed by atoms with Crippen molar-refractivity contribution in [1.29, 1.82) is 0 Å². The summed E-state index contributed by atoms with van der Waals surface area (Å²) in [5.41, 5.74) is -0.732. The van der Waals surface area contributed by atoms with Gasteiger partial charge >= 0.3 is 5.63 Å². The van der Waals surface area contributed by atoms with E-state index in [0.29, 0.717) is 23.7 Å². The van der Waals surface area contributed by atoms with Crippen molar-refractivity contribution >= 4 is 17.8 Å². The molecule has 2 rings (SSSR count). The molecule has 8 heteroatoms. The van der Waals surface area contributed by atoms with E-state index in [4.69, 9.17) is 13.9 Å². The standard InChI is InChI=1S/C21H23NO7/c1-5-27-18-11-14(7-9-17(18)28-12-19(25)22(3)4)6-8-15(23)20-16(24)10-13(2)29-21(20)26/h6-11,24H,5,12H2,1-4H3/b8-6+. The Morgan fingerprint density at radius 1 is 1.17 bits per heavy atom. The van der Waals surface area contributed by atoms with E-state index < -0.39 is 22.7 Å². The fraction of sp³-hybridized carbons (Fsp3) is 0.286. The molecule has 29 heavy (non-hydrogen) atoms. The van der Waals surface area contributed by atoms with Gasteiger partial charge in [-0.2, -0.15) is 0 Å². The second-order valence-electron chi connectivity index (χ2n) is 6.32. The van der Waals surface area contributed by atoms with Crippen molar-refractivity contribution in [3.05, 3.63) is 57.6 Å². The van der Waals surface area contributed by atoms with Gasteiger partial charge in [0.1, 0.15) is 17.1 Å². The maximum Gasteiger partial charge on any atom is 0.351 e. The van der Waals surface area contributed by atoms with Crippen LogP contribution in [0.2, 0.25) is 0 Å². The predicted molar refractivity (Wildman–Crippen MR) is 107 cm³/mol. The quantitative estimate of drug-likeness (QED) is 0.535. The molecule has 1 aromatic heterocycles. The van der Waals surface area contributed by atoms with Gasteiger partial charge in [-0.3, -0.25) is 9.59 Å². The number of aryl methyl sites for hydroxylation is 1. The normalized spacial score (nSPS) is 10.8. The number of hydrogen-bond donors (Lipinski definition) is 1. The molecule has 0 saturated heterocycles. The van der Waals surface area contributed by atoms with E-state index in [1.807, 2.05) is 0 Å². The van der Waals surface area contributed by atoms with E-state index in [0.717, 1.165) is 6.08 Å². The van der Waals surface area contributed by atoms with Gasteiger partial charge < -0.3 is 23.9 Å². The van der Waals surface area contributed by atoms with Crippen LogP contribution in [0.1, 0.15) is 28.6 Å². The number of ketones is 1. The molecule has 1 N–H and O–H groups in total. The van der Waals surface area contributed by atoms with Crippen LogP contribution in [0.15, 0.2) is 39.6 Å². The van der Waals surface area contributed by atoms with Gasteiger partial charge in [0.05, 0.1) is 6.61 Å². The number of allylic oxidation sites excluding steroid dienone is 1. The van der Waals surface area contributed by atoms with Gasteiger partial charge in [-0.15, -0.1) is 0 Å². The molecular formula is C21H23NO7. The van der Waals surface area contributed by atoms with Crippen LogP contribution < -0.4 is 15.1 Å². The number of benzene rings is 1. The molecule has 0 spiro atoms. The predicted octanol–water partition coefficient (Wildman–Crippen LogP) is 2.42. The molecule has 0 aliphatic rings. The number of carbonyl (C=O) groups is 2. The zero-order valence-electron chi connectivity index (χ0n) is 16.7. The number of rotatable bonds is 8. The number of aromatic hydroxyl groups is 1. The molecule has 0 bridgehead atoms. The minimum atomic E-state index is -0.901. The summed E-state index contributed by atoms with van der Waals surface area (Å²) in [4.78, 5) is 37.2. The summed E-state index contributed by atoms with van der Waals surface area (Å²) in [6, 6.07) is 6.13. The van der Waals surface area contributed by atoms with Crippen molar-refractivity contribution in [2.24, 2.45) is 0 Å². The third-order valence-corrected chi connectivity index (χ3v) is 3.85. The van der Waals surface area contributed by atoms with Crippen LogP contribution in [0, 0.1) is 6.92 Å². The molecule has 0 radical (unpaired) electrons. The van der Waals surface area contributed by atoms with E-state index in [2.05, 4.69) is 0 Å². The van der Waals surface area contributed by atoms with Crippen LogP contribution in [-0.4, -0.2) is 49.0 Å². The highest BCUT2D eigenvalue weighted by Crippen LogP contribution is 2.29. The van der Waals surface area contributed by atoms with Crippen molar-refractivity contribution in [3.63, 3.8) is 0 Å². The highest BCUT2D eigenvalue weighted by Gasteiger charge is 2.16. The molecule has 8 nitrogen and oxygen atoms in total. The van der Waals surface area contributed by atoms with E-state index >= 15 is 0 Å². The van der Waals surface area contributed by atoms with Gasteiger partial charge in [0.25, 0.3) is 5.91 Å². The fourth-order valence-electron chi connectivity index (χ4n) is 2.36. The van der Waals surface area contributed by atoms with Crippen molar-refractivity contribution in [2.75, 3.05) is 27.3 Å². The molecule has 2 aromatic rings. The number of amides is 1. The maximum absolute atomic E-state index is 12.3. The minimum Gasteiger partial charge on any atom is -0.507 e. The summed E-state index contributed by atoms with van der Waals surface area (Å²) in [7, 11) is 3.26. The number of nitrogens with zero attached hydrogens (tertiary/aromatic N) is 1. The van der Waals surface area contributed by atoms with E-state index in [1.165, 1.54) is 24.0 Å². The van der Waals surface area contributed by atoms with Gasteiger partial charge in [-0.05, 0) is 37.6 Å². The van der Waals surface area contributed by atoms with E-state index in [9.17, 15) is 19.5 Å². The zero-order chi connectivity index (χ0) is 21.6. The van der Waals surface area contributed by atoms with Crippen molar-refractivity contribution < 1.29 is 28.6 Å². The lowest BCUT2D eigenvalue weighted by molar-refractivity contribution is -0.130. The third-order valence-electron chi connectivity index (χ3n) is 3.85. The first-order valence-corrected chi connectivity index (χ1v) is 8.88. The highest BCUT2D eigenvalue weighted by molar-refractivity contribution is 6.08. The van der Waals surface area contributed by atoms with Crippen LogP contribution in [0.5, 0.6) is 17.2 Å². The van der Waals surface area contributed by atoms with Gasteiger partial charge in [0.2, 0.25) is 0 Å². The number of hydrogen-bond acceptors (Lipinski definition) is 7. The Morgan fingerprint density at radius 2 is 1.90 bits per heavy atom. The molecule has 1 aromatic carbocycles. The van der Waals surface area contributed by atoms with Crippen LogP contribution in [0.3, 0.4) is 0 Å². The Kier molecular flexibility index (Phi) is 7.19. The summed E-state index contributed by atoms with van der Waals surface area (Å²) in [5, 5.41) is 9.85. The first-order valence-electron chi connectivity index (χ1n) is 8.88. The van der Waals surface area contributed by atoms with E-state index in [-0.39, 0.29) is 18.3 Å². The number of ether oxygens (including phenoxy) is 2. The molecule has 0 aliphatic carbocycles. The molecule has 0 atom stereocenters. The highest BCUT2D eigenvalue weighted by atomic mass is 16.5. The Bertz CT molecular complexity index is 989. The van der Waals surface area contributed by atoms with Crippen molar-refractivity contribution in [2.45, 2.75) is 13.8 Å². The van der Waals surface area contributed by atoms with Gasteiger partial charge in [-0.25, -0.2) is 4.79 Å². The Morgan fingerprint density at radius 3 is 2.52 bits per heavy atom. The van der Waals surface area contributed by atoms with Crippen molar-refractivity contribution in [3.8, 4) is 17.2 Å². The first kappa shape index (κ1) is 21.7. The molecule has 1 heterocycles. The zero-order valence-corrected chi connectivity index (χ0v) is 16.7. The monoisotopic (exact) mass is 401 g/mol. The molecule has 0 saturated carbocycles. The SMILES string of the molecule is CCOc1cc(/C=C/C(=O)c2c(O)cc(C)oc2=O)ccc1OCC(=O)N(C)C.